The zero-order valence-corrected chi connectivity index (χ0v) is 20.2. The Labute approximate surface area is 195 Å². The van der Waals surface area contributed by atoms with Crippen molar-refractivity contribution in [3.63, 3.8) is 0 Å². The number of halogens is 1. The van der Waals surface area contributed by atoms with Gasteiger partial charge in [0.05, 0.1) is 9.60 Å². The third-order valence-corrected chi connectivity index (χ3v) is 8.55. The molecule has 0 N–H and O–H groups in total. The zero-order valence-electron chi connectivity index (χ0n) is 17.0. The number of sulfone groups is 1. The Bertz CT molecular complexity index is 1190. The van der Waals surface area contributed by atoms with Crippen LogP contribution in [0.15, 0.2) is 52.3 Å². The third-order valence-electron chi connectivity index (χ3n) is 5.07. The number of benzene rings is 2. The molecule has 6 nitrogen and oxygen atoms in total. The lowest BCUT2D eigenvalue weighted by atomic mass is 10.3. The fourth-order valence-electron chi connectivity index (χ4n) is 3.44. The molecule has 2 aromatic carbocycles. The number of hydrogen-bond acceptors (Lipinski definition) is 7. The van der Waals surface area contributed by atoms with Crippen molar-refractivity contribution in [3.05, 3.63) is 47.5 Å². The average molecular weight is 496 g/mol. The van der Waals surface area contributed by atoms with E-state index in [1.54, 1.807) is 23.9 Å². The number of thiazole rings is 1. The van der Waals surface area contributed by atoms with Crippen LogP contribution in [0.2, 0.25) is 5.02 Å². The number of carbonyl (C=O) groups is 1. The van der Waals surface area contributed by atoms with Crippen LogP contribution in [0, 0.1) is 0 Å². The number of thioether (sulfide) groups is 1. The predicted octanol–water partition coefficient (Wildman–Crippen LogP) is 4.18. The molecule has 1 aliphatic heterocycles. The predicted molar refractivity (Wildman–Crippen MR) is 128 cm³/mol. The van der Waals surface area contributed by atoms with Gasteiger partial charge < -0.3 is 9.80 Å². The van der Waals surface area contributed by atoms with E-state index in [-0.39, 0.29) is 10.8 Å². The molecule has 1 aliphatic rings. The summed E-state index contributed by atoms with van der Waals surface area (Å²) >= 11 is 9.04. The minimum Gasteiger partial charge on any atom is -0.345 e. The SMILES string of the molecule is CS(=O)(=O)c1cccc2sc(N3CCN(C(=O)CCSc4ccc(Cl)cc4)CC3)nc12. The van der Waals surface area contributed by atoms with Crippen molar-refractivity contribution in [2.24, 2.45) is 0 Å². The van der Waals surface area contributed by atoms with Crippen LogP contribution >= 0.6 is 34.7 Å². The maximum atomic E-state index is 12.6. The van der Waals surface area contributed by atoms with E-state index in [2.05, 4.69) is 9.88 Å². The first-order valence-corrected chi connectivity index (χ1v) is 13.9. The highest BCUT2D eigenvalue weighted by molar-refractivity contribution is 7.99. The van der Waals surface area contributed by atoms with Crippen LogP contribution in [0.5, 0.6) is 0 Å². The van der Waals surface area contributed by atoms with Gasteiger partial charge in [0.1, 0.15) is 5.52 Å². The molecular formula is C21H22ClN3O3S3. The van der Waals surface area contributed by atoms with Gasteiger partial charge in [0.15, 0.2) is 15.0 Å². The highest BCUT2D eigenvalue weighted by Crippen LogP contribution is 2.33. The van der Waals surface area contributed by atoms with Crippen molar-refractivity contribution in [2.45, 2.75) is 16.2 Å². The maximum Gasteiger partial charge on any atom is 0.223 e. The second kappa shape index (κ2) is 9.36. The van der Waals surface area contributed by atoms with Crippen molar-refractivity contribution in [2.75, 3.05) is 43.1 Å². The number of hydrogen-bond donors (Lipinski definition) is 0. The normalized spacial score (nSPS) is 14.9. The Morgan fingerprint density at radius 3 is 2.52 bits per heavy atom. The lowest BCUT2D eigenvalue weighted by Gasteiger charge is -2.34. The van der Waals surface area contributed by atoms with E-state index in [9.17, 15) is 13.2 Å². The van der Waals surface area contributed by atoms with E-state index >= 15 is 0 Å². The molecule has 1 fully saturated rings. The van der Waals surface area contributed by atoms with Gasteiger partial charge in [-0.2, -0.15) is 0 Å². The van der Waals surface area contributed by atoms with E-state index < -0.39 is 9.84 Å². The third kappa shape index (κ3) is 5.34. The Hall–Kier alpha value is -1.81. The van der Waals surface area contributed by atoms with Gasteiger partial charge in [-0.1, -0.05) is 29.0 Å². The number of aromatic nitrogens is 1. The molecule has 0 unspecified atom stereocenters. The molecule has 0 atom stereocenters. The summed E-state index contributed by atoms with van der Waals surface area (Å²) in [5.74, 6) is 0.886. The quantitative estimate of drug-likeness (QED) is 0.478. The summed E-state index contributed by atoms with van der Waals surface area (Å²) in [4.78, 5) is 22.6. The van der Waals surface area contributed by atoms with Gasteiger partial charge in [-0.05, 0) is 36.4 Å². The average Bonchev–Trinajstić information content (AvgIpc) is 3.19. The minimum absolute atomic E-state index is 0.157. The smallest absolute Gasteiger partial charge is 0.223 e. The standard InChI is InChI=1S/C21H22ClN3O3S3/c1-31(27,28)18-4-2-3-17-20(18)23-21(30-17)25-12-10-24(11-13-25)19(26)9-14-29-16-7-5-15(22)6-8-16/h2-8H,9-14H2,1H3. The Morgan fingerprint density at radius 1 is 1.13 bits per heavy atom. The topological polar surface area (TPSA) is 70.6 Å². The molecule has 1 saturated heterocycles. The van der Waals surface area contributed by atoms with E-state index in [4.69, 9.17) is 11.6 Å². The summed E-state index contributed by atoms with van der Waals surface area (Å²) in [6.07, 6.45) is 1.70. The molecule has 2 heterocycles. The number of anilines is 1. The Morgan fingerprint density at radius 2 is 1.84 bits per heavy atom. The van der Waals surface area contributed by atoms with E-state index in [1.807, 2.05) is 35.2 Å². The van der Waals surface area contributed by atoms with Crippen LogP contribution in [-0.2, 0) is 14.6 Å². The number of para-hydroxylation sites is 1. The number of piperazine rings is 1. The highest BCUT2D eigenvalue weighted by atomic mass is 35.5. The molecule has 10 heteroatoms. The molecule has 1 aromatic heterocycles. The van der Waals surface area contributed by atoms with Gasteiger partial charge in [0, 0.05) is 54.5 Å². The first kappa shape index (κ1) is 22.4. The largest absolute Gasteiger partial charge is 0.345 e. The van der Waals surface area contributed by atoms with E-state index in [0.717, 1.165) is 20.5 Å². The van der Waals surface area contributed by atoms with E-state index in [0.29, 0.717) is 43.1 Å². The van der Waals surface area contributed by atoms with Crippen LogP contribution in [0.3, 0.4) is 0 Å². The second-order valence-electron chi connectivity index (χ2n) is 7.29. The van der Waals surface area contributed by atoms with Gasteiger partial charge in [0.2, 0.25) is 5.91 Å². The van der Waals surface area contributed by atoms with E-state index in [1.165, 1.54) is 17.6 Å². The van der Waals surface area contributed by atoms with Gasteiger partial charge in [0.25, 0.3) is 0 Å². The monoisotopic (exact) mass is 495 g/mol. The molecule has 1 amide bonds. The van der Waals surface area contributed by atoms with Crippen molar-refractivity contribution < 1.29 is 13.2 Å². The van der Waals surface area contributed by atoms with Crippen molar-refractivity contribution in [3.8, 4) is 0 Å². The number of nitrogens with zero attached hydrogens (tertiary/aromatic N) is 3. The summed E-state index contributed by atoms with van der Waals surface area (Å²) in [5, 5.41) is 1.51. The summed E-state index contributed by atoms with van der Waals surface area (Å²) in [6, 6.07) is 12.9. The molecule has 4 rings (SSSR count). The number of fused-ring (bicyclic) bond motifs is 1. The van der Waals surface area contributed by atoms with Crippen LogP contribution in [-0.4, -0.2) is 62.4 Å². The summed E-state index contributed by atoms with van der Waals surface area (Å²) in [5.41, 5.74) is 0.530. The van der Waals surface area contributed by atoms with Crippen LogP contribution in [0.25, 0.3) is 10.2 Å². The fourth-order valence-corrected chi connectivity index (χ4v) is 6.35. The summed E-state index contributed by atoms with van der Waals surface area (Å²) in [7, 11) is -3.33. The molecule has 164 valence electrons. The van der Waals surface area contributed by atoms with Crippen LogP contribution in [0.1, 0.15) is 6.42 Å². The van der Waals surface area contributed by atoms with Crippen molar-refractivity contribution in [1.29, 1.82) is 0 Å². The molecule has 0 saturated carbocycles. The molecule has 0 spiro atoms. The number of rotatable bonds is 6. The van der Waals surface area contributed by atoms with Crippen LogP contribution in [0.4, 0.5) is 5.13 Å². The number of amides is 1. The fraction of sp³-hybridized carbons (Fsp3) is 0.333. The molecular weight excluding hydrogens is 474 g/mol. The molecule has 0 radical (unpaired) electrons. The molecule has 0 bridgehead atoms. The van der Waals surface area contributed by atoms with Gasteiger partial charge in [-0.3, -0.25) is 4.79 Å². The summed E-state index contributed by atoms with van der Waals surface area (Å²) < 4.78 is 24.9. The lowest BCUT2D eigenvalue weighted by molar-refractivity contribution is -0.131. The van der Waals surface area contributed by atoms with Gasteiger partial charge >= 0.3 is 0 Å². The van der Waals surface area contributed by atoms with Crippen molar-refractivity contribution in [1.82, 2.24) is 9.88 Å². The summed E-state index contributed by atoms with van der Waals surface area (Å²) in [6.45, 7) is 2.65. The molecule has 0 aliphatic carbocycles. The van der Waals surface area contributed by atoms with Crippen molar-refractivity contribution >= 4 is 65.8 Å². The van der Waals surface area contributed by atoms with Gasteiger partial charge in [-0.25, -0.2) is 13.4 Å². The first-order chi connectivity index (χ1) is 14.8. The Balaban J connectivity index is 1.33. The van der Waals surface area contributed by atoms with Gasteiger partial charge in [-0.15, -0.1) is 11.8 Å². The minimum atomic E-state index is -3.33. The first-order valence-electron chi connectivity index (χ1n) is 9.82. The molecule has 31 heavy (non-hydrogen) atoms. The second-order valence-corrected chi connectivity index (χ2v) is 11.9. The maximum absolute atomic E-state index is 12.6. The highest BCUT2D eigenvalue weighted by Gasteiger charge is 2.24. The molecule has 3 aromatic rings. The Kier molecular flexibility index (Phi) is 6.76. The zero-order chi connectivity index (χ0) is 22.0. The lowest BCUT2D eigenvalue weighted by Crippen LogP contribution is -2.48. The van der Waals surface area contributed by atoms with Crippen LogP contribution < -0.4 is 4.90 Å². The number of carbonyl (C=O) groups excluding carboxylic acids is 1.